The number of aryl methyl sites for hydroxylation is 1. The number of hydrogen-bond donors (Lipinski definition) is 1. The quantitative estimate of drug-likeness (QED) is 0.905. The van der Waals surface area contributed by atoms with Gasteiger partial charge in [0.1, 0.15) is 9.88 Å². The zero-order chi connectivity index (χ0) is 14.9. The number of nitrogens with zero attached hydrogens (tertiary/aromatic N) is 2. The molecule has 2 heterocycles. The van der Waals surface area contributed by atoms with Crippen LogP contribution in [-0.4, -0.2) is 52.7 Å². The molecule has 110 valence electrons. The Hall–Kier alpha value is -1.54. The van der Waals surface area contributed by atoms with Crippen molar-refractivity contribution in [1.29, 1.82) is 0 Å². The SMILES string of the molecule is COCc1nc(C)c(C(=O)N2CCC(F)(C(=O)O)C2)s1. The van der Waals surface area contributed by atoms with E-state index in [1.807, 2.05) is 0 Å². The monoisotopic (exact) mass is 302 g/mol. The molecular formula is C12H15FN2O4S. The van der Waals surface area contributed by atoms with Crippen LogP contribution in [0.4, 0.5) is 4.39 Å². The molecule has 1 amide bonds. The number of thiazole rings is 1. The number of carboxylic acids is 1. The normalized spacial score (nSPS) is 22.2. The van der Waals surface area contributed by atoms with Gasteiger partial charge in [-0.25, -0.2) is 14.2 Å². The Morgan fingerprint density at radius 1 is 1.60 bits per heavy atom. The lowest BCUT2D eigenvalue weighted by atomic mass is 10.1. The Balaban J connectivity index is 2.15. The van der Waals surface area contributed by atoms with E-state index in [2.05, 4.69) is 4.98 Å². The molecule has 20 heavy (non-hydrogen) atoms. The second-order valence-corrected chi connectivity index (χ2v) is 5.79. The molecular weight excluding hydrogens is 287 g/mol. The van der Waals surface area contributed by atoms with Crippen LogP contribution in [0.25, 0.3) is 0 Å². The average molecular weight is 302 g/mol. The van der Waals surface area contributed by atoms with Gasteiger partial charge in [-0.2, -0.15) is 0 Å². The molecule has 1 aliphatic rings. The van der Waals surface area contributed by atoms with Crippen LogP contribution < -0.4 is 0 Å². The van der Waals surface area contributed by atoms with Gasteiger partial charge in [-0.3, -0.25) is 4.79 Å². The topological polar surface area (TPSA) is 79.7 Å². The van der Waals surface area contributed by atoms with Gasteiger partial charge in [0.2, 0.25) is 5.67 Å². The molecule has 1 atom stereocenters. The van der Waals surface area contributed by atoms with Crippen molar-refractivity contribution in [3.63, 3.8) is 0 Å². The van der Waals surface area contributed by atoms with E-state index >= 15 is 0 Å². The minimum Gasteiger partial charge on any atom is -0.479 e. The first kappa shape index (κ1) is 14.9. The van der Waals surface area contributed by atoms with Crippen molar-refractivity contribution in [2.45, 2.75) is 25.6 Å². The van der Waals surface area contributed by atoms with E-state index in [0.29, 0.717) is 22.2 Å². The van der Waals surface area contributed by atoms with Crippen molar-refractivity contribution in [3.8, 4) is 0 Å². The summed E-state index contributed by atoms with van der Waals surface area (Å²) < 4.78 is 18.9. The van der Waals surface area contributed by atoms with Crippen molar-refractivity contribution in [2.24, 2.45) is 0 Å². The van der Waals surface area contributed by atoms with Gasteiger partial charge in [0, 0.05) is 20.1 Å². The van der Waals surface area contributed by atoms with Crippen LogP contribution in [0.3, 0.4) is 0 Å². The smallest absolute Gasteiger partial charge is 0.343 e. The first-order valence-electron chi connectivity index (χ1n) is 6.04. The molecule has 0 saturated carbocycles. The van der Waals surface area contributed by atoms with Gasteiger partial charge in [0.15, 0.2) is 0 Å². The molecule has 1 N–H and O–H groups in total. The number of carboxylic acid groups (broad SMARTS) is 1. The van der Waals surface area contributed by atoms with Gasteiger partial charge >= 0.3 is 5.97 Å². The van der Waals surface area contributed by atoms with Crippen molar-refractivity contribution in [2.75, 3.05) is 20.2 Å². The number of alkyl halides is 1. The molecule has 1 aromatic rings. The lowest BCUT2D eigenvalue weighted by molar-refractivity contribution is -0.149. The molecule has 1 unspecified atom stereocenters. The van der Waals surface area contributed by atoms with Gasteiger partial charge in [-0.15, -0.1) is 11.3 Å². The third-order valence-corrected chi connectivity index (χ3v) is 4.31. The van der Waals surface area contributed by atoms with Crippen LogP contribution >= 0.6 is 11.3 Å². The summed E-state index contributed by atoms with van der Waals surface area (Å²) in [6.45, 7) is 1.68. The molecule has 0 radical (unpaired) electrons. The summed E-state index contributed by atoms with van der Waals surface area (Å²) in [4.78, 5) is 29.0. The maximum atomic E-state index is 14.0. The van der Waals surface area contributed by atoms with Crippen molar-refractivity contribution in [3.05, 3.63) is 15.6 Å². The van der Waals surface area contributed by atoms with E-state index in [0.717, 1.165) is 0 Å². The lowest BCUT2D eigenvalue weighted by Gasteiger charge is -2.17. The fourth-order valence-corrected chi connectivity index (χ4v) is 3.11. The number of halogens is 1. The van der Waals surface area contributed by atoms with Gasteiger partial charge in [0.05, 0.1) is 18.8 Å². The molecule has 0 bridgehead atoms. The number of hydrogen-bond acceptors (Lipinski definition) is 5. The summed E-state index contributed by atoms with van der Waals surface area (Å²) in [5, 5.41) is 9.50. The zero-order valence-corrected chi connectivity index (χ0v) is 12.0. The van der Waals surface area contributed by atoms with Crippen LogP contribution in [0, 0.1) is 6.92 Å². The van der Waals surface area contributed by atoms with Crippen LogP contribution in [0.5, 0.6) is 0 Å². The highest BCUT2D eigenvalue weighted by molar-refractivity contribution is 7.13. The van der Waals surface area contributed by atoms with E-state index in [9.17, 15) is 14.0 Å². The number of rotatable bonds is 4. The second-order valence-electron chi connectivity index (χ2n) is 4.70. The Bertz CT molecular complexity index is 548. The highest BCUT2D eigenvalue weighted by Crippen LogP contribution is 2.29. The number of ether oxygens (including phenoxy) is 1. The molecule has 0 aromatic carbocycles. The average Bonchev–Trinajstić information content (AvgIpc) is 2.94. The van der Waals surface area contributed by atoms with E-state index in [1.165, 1.54) is 23.3 Å². The first-order valence-corrected chi connectivity index (χ1v) is 6.86. The molecule has 6 nitrogen and oxygen atoms in total. The standard InChI is InChI=1S/C12H15FN2O4S/c1-7-9(20-8(14-7)5-19-2)10(16)15-4-3-12(13,6-15)11(17)18/h3-6H2,1-2H3,(H,17,18). The summed E-state index contributed by atoms with van der Waals surface area (Å²) in [6.07, 6.45) is -0.184. The van der Waals surface area contributed by atoms with Crippen LogP contribution in [0.1, 0.15) is 26.8 Å². The van der Waals surface area contributed by atoms with E-state index in [1.54, 1.807) is 6.92 Å². The highest BCUT2D eigenvalue weighted by Gasteiger charge is 2.47. The zero-order valence-electron chi connectivity index (χ0n) is 11.2. The van der Waals surface area contributed by atoms with Gasteiger partial charge in [0.25, 0.3) is 5.91 Å². The maximum Gasteiger partial charge on any atom is 0.343 e. The first-order chi connectivity index (χ1) is 9.37. The third-order valence-electron chi connectivity index (χ3n) is 3.19. The van der Waals surface area contributed by atoms with Gasteiger partial charge < -0.3 is 14.7 Å². The Morgan fingerprint density at radius 2 is 2.30 bits per heavy atom. The Morgan fingerprint density at radius 3 is 2.85 bits per heavy atom. The van der Waals surface area contributed by atoms with Gasteiger partial charge in [-0.05, 0) is 6.92 Å². The van der Waals surface area contributed by atoms with Crippen molar-refractivity contribution in [1.82, 2.24) is 9.88 Å². The Labute approximate surface area is 119 Å². The van der Waals surface area contributed by atoms with Crippen LogP contribution in [-0.2, 0) is 16.1 Å². The van der Waals surface area contributed by atoms with Crippen LogP contribution in [0.15, 0.2) is 0 Å². The van der Waals surface area contributed by atoms with Crippen molar-refractivity contribution < 1.29 is 23.8 Å². The fraction of sp³-hybridized carbons (Fsp3) is 0.583. The largest absolute Gasteiger partial charge is 0.479 e. The number of methoxy groups -OCH3 is 1. The number of aliphatic carboxylic acids is 1. The number of aromatic nitrogens is 1. The molecule has 1 fully saturated rings. The third kappa shape index (κ3) is 2.66. The molecule has 2 rings (SSSR count). The molecule has 1 saturated heterocycles. The van der Waals surface area contributed by atoms with E-state index < -0.39 is 18.2 Å². The summed E-state index contributed by atoms with van der Waals surface area (Å²) in [5.41, 5.74) is -1.79. The minimum absolute atomic E-state index is 0.0958. The molecule has 0 aliphatic carbocycles. The summed E-state index contributed by atoms with van der Waals surface area (Å²) in [6, 6.07) is 0. The van der Waals surface area contributed by atoms with Crippen molar-refractivity contribution >= 4 is 23.2 Å². The molecule has 0 spiro atoms. The lowest BCUT2D eigenvalue weighted by Crippen LogP contribution is -2.38. The fourth-order valence-electron chi connectivity index (χ4n) is 2.10. The summed E-state index contributed by atoms with van der Waals surface area (Å²) in [5.74, 6) is -1.89. The number of likely N-dealkylation sites (tertiary alicyclic amines) is 1. The van der Waals surface area contributed by atoms with E-state index in [-0.39, 0.29) is 18.9 Å². The minimum atomic E-state index is -2.34. The van der Waals surface area contributed by atoms with Gasteiger partial charge in [-0.1, -0.05) is 0 Å². The maximum absolute atomic E-state index is 14.0. The Kier molecular flexibility index (Phi) is 4.05. The van der Waals surface area contributed by atoms with E-state index in [4.69, 9.17) is 9.84 Å². The molecule has 1 aromatic heterocycles. The predicted octanol–water partition coefficient (Wildman–Crippen LogP) is 1.24. The summed E-state index contributed by atoms with van der Waals surface area (Å²) >= 11 is 1.19. The van der Waals surface area contributed by atoms with Crippen LogP contribution in [0.2, 0.25) is 0 Å². The highest BCUT2D eigenvalue weighted by atomic mass is 32.1. The molecule has 8 heteroatoms. The number of amides is 1. The second kappa shape index (κ2) is 5.45. The molecule has 1 aliphatic heterocycles. The number of carbonyl (C=O) groups excluding carboxylic acids is 1. The predicted molar refractivity (Wildman–Crippen MR) is 69.6 cm³/mol. The summed E-state index contributed by atoms with van der Waals surface area (Å²) in [7, 11) is 1.53. The number of carbonyl (C=O) groups is 2.